The van der Waals surface area contributed by atoms with Crippen molar-refractivity contribution in [3.63, 3.8) is 0 Å². The van der Waals surface area contributed by atoms with Gasteiger partial charge in [0.25, 0.3) is 17.7 Å². The number of hydrogen-bond acceptors (Lipinski definition) is 7. The number of carbonyl (C=O) groups excluding carboxylic acids is 4. The maximum Gasteiger partial charge on any atom is 0.338 e. The van der Waals surface area contributed by atoms with E-state index in [9.17, 15) is 27.6 Å². The van der Waals surface area contributed by atoms with E-state index in [0.29, 0.717) is 19.4 Å². The van der Waals surface area contributed by atoms with Crippen molar-refractivity contribution in [2.24, 2.45) is 0 Å². The first-order valence-electron chi connectivity index (χ1n) is 11.5. The molecule has 1 unspecified atom stereocenters. The highest BCUT2D eigenvalue weighted by molar-refractivity contribution is 7.91. The molecule has 4 rings (SSSR count). The highest BCUT2D eigenvalue weighted by Gasteiger charge is 2.37. The molecule has 0 N–H and O–H groups in total. The minimum Gasteiger partial charge on any atom is -0.452 e. The molecule has 0 bridgehead atoms. The molecule has 184 valence electrons. The molecule has 0 spiro atoms. The van der Waals surface area contributed by atoms with Gasteiger partial charge >= 0.3 is 5.97 Å². The lowest BCUT2D eigenvalue weighted by Gasteiger charge is -2.28. The molecule has 35 heavy (non-hydrogen) atoms. The Hall–Kier alpha value is -3.53. The third-order valence-electron chi connectivity index (χ3n) is 6.18. The van der Waals surface area contributed by atoms with Gasteiger partial charge < -0.3 is 9.64 Å². The van der Waals surface area contributed by atoms with E-state index in [-0.39, 0.29) is 33.9 Å². The van der Waals surface area contributed by atoms with E-state index in [1.165, 1.54) is 29.2 Å². The Labute approximate surface area is 203 Å². The van der Waals surface area contributed by atoms with Crippen LogP contribution >= 0.6 is 0 Å². The van der Waals surface area contributed by atoms with Gasteiger partial charge in [-0.25, -0.2) is 18.1 Å². The van der Waals surface area contributed by atoms with Crippen LogP contribution in [0.1, 0.15) is 57.3 Å². The highest BCUT2D eigenvalue weighted by atomic mass is 32.2. The third-order valence-corrected chi connectivity index (χ3v) is 7.93. The number of sulfone groups is 1. The summed E-state index contributed by atoms with van der Waals surface area (Å²) < 4.78 is 29.0. The minimum absolute atomic E-state index is 0.0396. The molecule has 9 nitrogen and oxygen atoms in total. The Morgan fingerprint density at radius 3 is 2.34 bits per heavy atom. The first-order chi connectivity index (χ1) is 16.7. The van der Waals surface area contributed by atoms with Crippen LogP contribution in [-0.2, 0) is 19.4 Å². The van der Waals surface area contributed by atoms with Crippen molar-refractivity contribution in [2.75, 3.05) is 29.6 Å². The van der Waals surface area contributed by atoms with Crippen LogP contribution in [0.5, 0.6) is 0 Å². The van der Waals surface area contributed by atoms with E-state index < -0.39 is 46.2 Å². The molecule has 1 fully saturated rings. The molecule has 10 heteroatoms. The Balaban J connectivity index is 1.44. The van der Waals surface area contributed by atoms with E-state index in [1.807, 2.05) is 6.92 Å². The second-order valence-electron chi connectivity index (χ2n) is 8.62. The first kappa shape index (κ1) is 24.6. The number of fused-ring (bicyclic) bond motifs is 1. The Morgan fingerprint density at radius 2 is 1.74 bits per heavy atom. The zero-order chi connectivity index (χ0) is 25.2. The van der Waals surface area contributed by atoms with Crippen molar-refractivity contribution in [3.8, 4) is 0 Å². The summed E-state index contributed by atoms with van der Waals surface area (Å²) in [5, 5.41) is 0. The normalized spacial score (nSPS) is 18.4. The quantitative estimate of drug-likeness (QED) is 0.405. The summed E-state index contributed by atoms with van der Waals surface area (Å²) >= 11 is 0. The highest BCUT2D eigenvalue weighted by Crippen LogP contribution is 2.29. The molecular weight excluding hydrogens is 472 g/mol. The van der Waals surface area contributed by atoms with Gasteiger partial charge in [-0.3, -0.25) is 14.4 Å². The standard InChI is InChI=1S/C25H26N2O7S/c1-2-3-12-26(19-11-13-35(32,33)16-19)22(28)15-34-25(31)17-7-6-8-18(14-17)27-23(29)20-9-4-5-10-21(20)24(27)30/h4-10,14,19H,2-3,11-13,15-16H2,1H3. The van der Waals surface area contributed by atoms with Crippen LogP contribution in [-0.4, -0.2) is 67.7 Å². The lowest BCUT2D eigenvalue weighted by atomic mass is 10.1. The number of nitrogens with zero attached hydrogens (tertiary/aromatic N) is 2. The molecule has 0 aliphatic carbocycles. The molecule has 2 aliphatic rings. The average molecular weight is 499 g/mol. The number of rotatable bonds is 8. The summed E-state index contributed by atoms with van der Waals surface area (Å²) in [4.78, 5) is 53.5. The van der Waals surface area contributed by atoms with Gasteiger partial charge in [-0.05, 0) is 43.2 Å². The summed E-state index contributed by atoms with van der Waals surface area (Å²) in [7, 11) is -3.18. The number of amides is 3. The molecule has 3 amide bonds. The lowest BCUT2D eigenvalue weighted by Crippen LogP contribution is -2.43. The molecule has 0 aromatic heterocycles. The van der Waals surface area contributed by atoms with Gasteiger partial charge in [0.2, 0.25) is 0 Å². The molecule has 2 aromatic carbocycles. The predicted octanol–water partition coefficient (Wildman–Crippen LogP) is 2.46. The number of esters is 1. The van der Waals surface area contributed by atoms with Crippen molar-refractivity contribution < 1.29 is 32.3 Å². The van der Waals surface area contributed by atoms with Gasteiger partial charge in [-0.2, -0.15) is 0 Å². The van der Waals surface area contributed by atoms with Gasteiger partial charge in [0.1, 0.15) is 0 Å². The Kier molecular flexibility index (Phi) is 7.02. The van der Waals surface area contributed by atoms with E-state index in [1.54, 1.807) is 24.3 Å². The molecular formula is C25H26N2O7S. The molecule has 1 saturated heterocycles. The van der Waals surface area contributed by atoms with Gasteiger partial charge in [0, 0.05) is 12.6 Å². The third kappa shape index (κ3) is 5.12. The molecule has 0 radical (unpaired) electrons. The summed E-state index contributed by atoms with van der Waals surface area (Å²) in [5.41, 5.74) is 0.877. The van der Waals surface area contributed by atoms with Crippen molar-refractivity contribution in [1.82, 2.24) is 4.90 Å². The fourth-order valence-corrected chi connectivity index (χ4v) is 6.08. The first-order valence-corrected chi connectivity index (χ1v) is 13.3. The van der Waals surface area contributed by atoms with Crippen LogP contribution in [0.25, 0.3) is 0 Å². The molecule has 2 heterocycles. The van der Waals surface area contributed by atoms with Crippen molar-refractivity contribution in [3.05, 3.63) is 65.2 Å². The fraction of sp³-hybridized carbons (Fsp3) is 0.360. The molecule has 2 aliphatic heterocycles. The largest absolute Gasteiger partial charge is 0.452 e. The van der Waals surface area contributed by atoms with Crippen molar-refractivity contribution in [2.45, 2.75) is 32.2 Å². The lowest BCUT2D eigenvalue weighted by molar-refractivity contribution is -0.136. The molecule has 2 aromatic rings. The van der Waals surface area contributed by atoms with Crippen LogP contribution in [0.4, 0.5) is 5.69 Å². The predicted molar refractivity (Wildman–Crippen MR) is 128 cm³/mol. The smallest absolute Gasteiger partial charge is 0.338 e. The van der Waals surface area contributed by atoms with Gasteiger partial charge in [-0.1, -0.05) is 31.5 Å². The maximum absolute atomic E-state index is 12.8. The van der Waals surface area contributed by atoms with E-state index in [2.05, 4.69) is 0 Å². The maximum atomic E-state index is 12.8. The Bertz CT molecular complexity index is 1250. The van der Waals surface area contributed by atoms with E-state index in [4.69, 9.17) is 4.74 Å². The van der Waals surface area contributed by atoms with Gasteiger partial charge in [0.15, 0.2) is 16.4 Å². The number of benzene rings is 2. The van der Waals surface area contributed by atoms with E-state index >= 15 is 0 Å². The number of imide groups is 1. The van der Waals surface area contributed by atoms with Crippen LogP contribution < -0.4 is 4.90 Å². The van der Waals surface area contributed by atoms with Gasteiger partial charge in [0.05, 0.1) is 33.9 Å². The summed E-state index contributed by atoms with van der Waals surface area (Å²) in [6.07, 6.45) is 1.90. The summed E-state index contributed by atoms with van der Waals surface area (Å²) in [6, 6.07) is 11.9. The van der Waals surface area contributed by atoms with Crippen molar-refractivity contribution >= 4 is 39.2 Å². The SMILES string of the molecule is CCCCN(C(=O)COC(=O)c1cccc(N2C(=O)c3ccccc3C2=O)c1)C1CCS(=O)(=O)C1. The second-order valence-corrected chi connectivity index (χ2v) is 10.8. The zero-order valence-corrected chi connectivity index (χ0v) is 20.1. The number of unbranched alkanes of at least 4 members (excludes halogenated alkanes) is 1. The summed E-state index contributed by atoms with van der Waals surface area (Å²) in [6.45, 7) is 1.83. The second kappa shape index (κ2) is 9.99. The van der Waals surface area contributed by atoms with E-state index in [0.717, 1.165) is 11.3 Å². The molecule has 1 atom stereocenters. The van der Waals surface area contributed by atoms with Crippen LogP contribution in [0.3, 0.4) is 0 Å². The van der Waals surface area contributed by atoms with Crippen LogP contribution in [0, 0.1) is 0 Å². The topological polar surface area (TPSA) is 118 Å². The fourth-order valence-electron chi connectivity index (χ4n) is 4.35. The Morgan fingerprint density at radius 1 is 1.06 bits per heavy atom. The molecule has 0 saturated carbocycles. The van der Waals surface area contributed by atoms with Crippen LogP contribution in [0.2, 0.25) is 0 Å². The monoisotopic (exact) mass is 498 g/mol. The van der Waals surface area contributed by atoms with Crippen molar-refractivity contribution in [1.29, 1.82) is 0 Å². The number of ether oxygens (including phenoxy) is 1. The van der Waals surface area contributed by atoms with Crippen LogP contribution in [0.15, 0.2) is 48.5 Å². The number of carbonyl (C=O) groups is 4. The minimum atomic E-state index is -3.18. The van der Waals surface area contributed by atoms with Gasteiger partial charge in [-0.15, -0.1) is 0 Å². The number of anilines is 1. The number of hydrogen-bond donors (Lipinski definition) is 0. The average Bonchev–Trinajstić information content (AvgIpc) is 3.33. The zero-order valence-electron chi connectivity index (χ0n) is 19.3. The summed E-state index contributed by atoms with van der Waals surface area (Å²) in [5.74, 6) is -2.25.